The number of amides is 1. The second-order valence-electron chi connectivity index (χ2n) is 7.02. The Bertz CT molecular complexity index is 1250. The van der Waals surface area contributed by atoms with Crippen LogP contribution in [0.3, 0.4) is 0 Å². The molecule has 0 atom stereocenters. The van der Waals surface area contributed by atoms with E-state index in [-0.39, 0.29) is 23.8 Å². The van der Waals surface area contributed by atoms with Crippen LogP contribution in [0.15, 0.2) is 88.3 Å². The van der Waals surface area contributed by atoms with Crippen molar-refractivity contribution in [3.63, 3.8) is 0 Å². The zero-order valence-corrected chi connectivity index (χ0v) is 16.6. The Morgan fingerprint density at radius 2 is 1.77 bits per heavy atom. The van der Waals surface area contributed by atoms with Crippen LogP contribution < -0.4 is 15.5 Å². The fraction of sp³-hybridized carbons (Fsp3) is 0.120. The van der Waals surface area contributed by atoms with Gasteiger partial charge in [0.05, 0.1) is 10.9 Å². The Morgan fingerprint density at radius 3 is 2.55 bits per heavy atom. The van der Waals surface area contributed by atoms with Gasteiger partial charge in [-0.05, 0) is 41.8 Å². The minimum Gasteiger partial charge on any atom is -0.484 e. The van der Waals surface area contributed by atoms with Crippen LogP contribution in [0.4, 0.5) is 4.39 Å². The molecule has 0 fully saturated rings. The van der Waals surface area contributed by atoms with E-state index < -0.39 is 0 Å². The maximum absolute atomic E-state index is 12.9. The lowest BCUT2D eigenvalue weighted by molar-refractivity contribution is -0.123. The molecule has 1 N–H and O–H groups in total. The fourth-order valence-electron chi connectivity index (χ4n) is 3.21. The average Bonchev–Trinajstić information content (AvgIpc) is 2.80. The van der Waals surface area contributed by atoms with Gasteiger partial charge in [-0.1, -0.05) is 42.5 Å². The molecule has 0 bridgehead atoms. The summed E-state index contributed by atoms with van der Waals surface area (Å²) in [6.45, 7) is 0.254. The van der Waals surface area contributed by atoms with Crippen LogP contribution >= 0.6 is 0 Å². The summed E-state index contributed by atoms with van der Waals surface area (Å²) in [7, 11) is 0. The van der Waals surface area contributed by atoms with Gasteiger partial charge in [0.15, 0.2) is 12.0 Å². The van der Waals surface area contributed by atoms with Crippen molar-refractivity contribution in [1.29, 1.82) is 0 Å². The van der Waals surface area contributed by atoms with Gasteiger partial charge in [0, 0.05) is 12.6 Å². The minimum atomic E-state index is -0.288. The monoisotopic (exact) mass is 417 g/mol. The lowest BCUT2D eigenvalue weighted by Gasteiger charge is -2.09. The Labute approximate surface area is 178 Å². The summed E-state index contributed by atoms with van der Waals surface area (Å²) in [4.78, 5) is 24.8. The molecular weight excluding hydrogens is 397 g/mol. The quantitative estimate of drug-likeness (QED) is 0.486. The summed E-state index contributed by atoms with van der Waals surface area (Å²) in [5, 5.41) is 3.20. The molecule has 1 heterocycles. The number of carbonyl (C=O) groups is 1. The first kappa shape index (κ1) is 20.3. The number of nitrogens with one attached hydrogen (secondary N) is 1. The van der Waals surface area contributed by atoms with Crippen LogP contribution in [0, 0.1) is 5.82 Å². The summed E-state index contributed by atoms with van der Waals surface area (Å²) in [5.74, 6) is -0.136. The van der Waals surface area contributed by atoms with Crippen LogP contribution in [-0.2, 0) is 11.2 Å². The highest BCUT2D eigenvalue weighted by Crippen LogP contribution is 2.23. The second-order valence-corrected chi connectivity index (χ2v) is 7.02. The number of carbonyl (C=O) groups excluding carboxylic acids is 1. The number of ether oxygens (including phenoxy) is 1. The molecule has 0 aliphatic rings. The van der Waals surface area contributed by atoms with Crippen molar-refractivity contribution in [2.24, 2.45) is 0 Å². The zero-order valence-electron chi connectivity index (χ0n) is 16.6. The number of hydrogen-bond donors (Lipinski definition) is 1. The first-order chi connectivity index (χ1) is 15.1. The Hall–Kier alpha value is -3.93. The van der Waals surface area contributed by atoms with E-state index in [1.54, 1.807) is 30.3 Å². The predicted molar refractivity (Wildman–Crippen MR) is 117 cm³/mol. The Balaban J connectivity index is 1.36. The van der Waals surface area contributed by atoms with Crippen molar-refractivity contribution in [2.75, 3.05) is 13.2 Å². The third-order valence-corrected chi connectivity index (χ3v) is 4.85. The molecular formula is C25H20FNO4. The molecule has 4 rings (SSSR count). The van der Waals surface area contributed by atoms with Gasteiger partial charge in [-0.25, -0.2) is 4.39 Å². The third-order valence-electron chi connectivity index (χ3n) is 4.85. The van der Waals surface area contributed by atoms with Gasteiger partial charge in [0.2, 0.25) is 0 Å². The van der Waals surface area contributed by atoms with Crippen molar-refractivity contribution in [3.05, 3.63) is 101 Å². The summed E-state index contributed by atoms with van der Waals surface area (Å²) >= 11 is 0. The number of rotatable bonds is 7. The fourth-order valence-corrected chi connectivity index (χ4v) is 3.21. The highest BCUT2D eigenvalue weighted by Gasteiger charge is 2.10. The lowest BCUT2D eigenvalue weighted by atomic mass is 10.1. The lowest BCUT2D eigenvalue weighted by Crippen LogP contribution is -2.30. The molecule has 0 saturated heterocycles. The summed E-state index contributed by atoms with van der Waals surface area (Å²) < 4.78 is 24.1. The first-order valence-electron chi connectivity index (χ1n) is 9.85. The van der Waals surface area contributed by atoms with Crippen molar-refractivity contribution in [1.82, 2.24) is 5.32 Å². The van der Waals surface area contributed by atoms with Gasteiger partial charge in [0.25, 0.3) is 5.91 Å². The molecule has 3 aromatic carbocycles. The molecule has 1 aromatic heterocycles. The molecule has 0 spiro atoms. The molecule has 0 aliphatic heterocycles. The number of halogens is 1. The smallest absolute Gasteiger partial charge is 0.257 e. The largest absolute Gasteiger partial charge is 0.484 e. The first-order valence-corrected chi connectivity index (χ1v) is 9.85. The van der Waals surface area contributed by atoms with Crippen molar-refractivity contribution in [3.8, 4) is 16.9 Å². The maximum Gasteiger partial charge on any atom is 0.257 e. The van der Waals surface area contributed by atoms with E-state index in [1.807, 2.05) is 30.3 Å². The molecule has 6 heteroatoms. The van der Waals surface area contributed by atoms with E-state index in [2.05, 4.69) is 5.32 Å². The minimum absolute atomic E-state index is 0.127. The van der Waals surface area contributed by atoms with Crippen LogP contribution in [0.25, 0.3) is 22.1 Å². The van der Waals surface area contributed by atoms with Crippen LogP contribution in [0.2, 0.25) is 0 Å². The Kier molecular flexibility index (Phi) is 6.08. The molecule has 0 saturated carbocycles. The number of fused-ring (bicyclic) bond motifs is 1. The van der Waals surface area contributed by atoms with Crippen LogP contribution in [0.5, 0.6) is 5.75 Å². The highest BCUT2D eigenvalue weighted by atomic mass is 19.1. The van der Waals surface area contributed by atoms with Gasteiger partial charge < -0.3 is 14.5 Å². The van der Waals surface area contributed by atoms with E-state index in [4.69, 9.17) is 9.15 Å². The van der Waals surface area contributed by atoms with Gasteiger partial charge in [-0.2, -0.15) is 0 Å². The molecule has 1 amide bonds. The molecule has 4 aromatic rings. The number of benzene rings is 3. The topological polar surface area (TPSA) is 68.5 Å². The molecule has 0 aliphatic carbocycles. The van der Waals surface area contributed by atoms with Gasteiger partial charge in [-0.3, -0.25) is 9.59 Å². The van der Waals surface area contributed by atoms with Crippen LogP contribution in [-0.4, -0.2) is 19.1 Å². The van der Waals surface area contributed by atoms with Gasteiger partial charge >= 0.3 is 0 Å². The Morgan fingerprint density at radius 1 is 1.00 bits per heavy atom. The van der Waals surface area contributed by atoms with Crippen LogP contribution in [0.1, 0.15) is 5.56 Å². The van der Waals surface area contributed by atoms with Gasteiger partial charge in [0.1, 0.15) is 23.4 Å². The standard InChI is InChI=1S/C25H20FNO4/c26-19-8-6-17(7-9-19)12-13-27-24(28)16-30-20-10-11-21-23(14-20)31-15-22(25(21)29)18-4-2-1-3-5-18/h1-11,14-15H,12-13,16H2,(H,27,28). The van der Waals surface area contributed by atoms with Crippen molar-refractivity contribution >= 4 is 16.9 Å². The molecule has 0 unspecified atom stereocenters. The van der Waals surface area contributed by atoms with Crippen molar-refractivity contribution in [2.45, 2.75) is 6.42 Å². The molecule has 0 radical (unpaired) electrons. The molecule has 156 valence electrons. The summed E-state index contributed by atoms with van der Waals surface area (Å²) in [6, 6.07) is 20.3. The predicted octanol–water partition coefficient (Wildman–Crippen LogP) is 4.34. The average molecular weight is 417 g/mol. The van der Waals surface area contributed by atoms with E-state index in [9.17, 15) is 14.0 Å². The summed E-state index contributed by atoms with van der Waals surface area (Å²) in [5.41, 5.74) is 2.47. The molecule has 5 nitrogen and oxygen atoms in total. The zero-order chi connectivity index (χ0) is 21.6. The maximum atomic E-state index is 12.9. The third kappa shape index (κ3) is 4.98. The van der Waals surface area contributed by atoms with E-state index >= 15 is 0 Å². The van der Waals surface area contributed by atoms with E-state index in [0.717, 1.165) is 11.1 Å². The highest BCUT2D eigenvalue weighted by molar-refractivity contribution is 5.83. The summed E-state index contributed by atoms with van der Waals surface area (Å²) in [6.07, 6.45) is 2.03. The second kappa shape index (κ2) is 9.26. The number of hydrogen-bond acceptors (Lipinski definition) is 4. The van der Waals surface area contributed by atoms with E-state index in [0.29, 0.717) is 35.2 Å². The SMILES string of the molecule is O=C(COc1ccc2c(=O)c(-c3ccccc3)coc2c1)NCCc1ccc(F)cc1. The normalized spacial score (nSPS) is 10.7. The van der Waals surface area contributed by atoms with Crippen molar-refractivity contribution < 1.29 is 18.3 Å². The van der Waals surface area contributed by atoms with Gasteiger partial charge in [-0.15, -0.1) is 0 Å². The molecule has 31 heavy (non-hydrogen) atoms. The van der Waals surface area contributed by atoms with E-state index in [1.165, 1.54) is 18.4 Å².